The molecule has 0 spiro atoms. The van der Waals surface area contributed by atoms with Gasteiger partial charge in [0.2, 0.25) is 0 Å². The minimum absolute atomic E-state index is 0. The maximum atomic E-state index is 12.9. The molecule has 0 aliphatic rings. The van der Waals surface area contributed by atoms with Gasteiger partial charge in [0, 0.05) is 6.54 Å². The van der Waals surface area contributed by atoms with Crippen molar-refractivity contribution >= 4 is 18.4 Å². The van der Waals surface area contributed by atoms with Crippen molar-refractivity contribution in [1.82, 2.24) is 5.32 Å². The van der Waals surface area contributed by atoms with Gasteiger partial charge in [0.05, 0.1) is 0 Å². The topological polar surface area (TPSA) is 49.3 Å². The monoisotopic (exact) mass is 261 g/mol. The summed E-state index contributed by atoms with van der Waals surface area (Å²) >= 11 is 0. The zero-order chi connectivity index (χ0) is 12.0. The first kappa shape index (κ1) is 15.9. The van der Waals surface area contributed by atoms with Gasteiger partial charge in [-0.05, 0) is 24.1 Å². The Morgan fingerprint density at radius 1 is 1.53 bits per heavy atom. The molecule has 96 valence electrons. The zero-order valence-corrected chi connectivity index (χ0v) is 10.5. The Labute approximate surface area is 106 Å². The molecule has 1 atom stereocenters. The summed E-state index contributed by atoms with van der Waals surface area (Å²) in [5.74, 6) is -1.17. The number of halogens is 2. The van der Waals surface area contributed by atoms with Crippen molar-refractivity contribution < 1.29 is 14.3 Å². The van der Waals surface area contributed by atoms with E-state index in [1.165, 1.54) is 12.1 Å². The number of carboxylic acids is 1. The molecule has 0 saturated carbocycles. The molecule has 0 heterocycles. The second-order valence-electron chi connectivity index (χ2n) is 3.69. The van der Waals surface area contributed by atoms with Crippen LogP contribution in [-0.4, -0.2) is 17.1 Å². The second kappa shape index (κ2) is 8.03. The Balaban J connectivity index is 0.00000256. The Kier molecular flexibility index (Phi) is 7.50. The Morgan fingerprint density at radius 2 is 2.24 bits per heavy atom. The van der Waals surface area contributed by atoms with Crippen molar-refractivity contribution in [3.63, 3.8) is 0 Å². The highest BCUT2D eigenvalue weighted by Crippen LogP contribution is 2.04. The first-order valence-electron chi connectivity index (χ1n) is 5.34. The molecule has 0 aliphatic heterocycles. The highest BCUT2D eigenvalue weighted by atomic mass is 35.5. The van der Waals surface area contributed by atoms with E-state index in [0.717, 1.165) is 12.0 Å². The van der Waals surface area contributed by atoms with Gasteiger partial charge in [-0.15, -0.1) is 12.4 Å². The predicted octanol–water partition coefficient (Wildman–Crippen LogP) is 2.59. The molecule has 0 aliphatic carbocycles. The maximum Gasteiger partial charge on any atom is 0.320 e. The molecule has 2 N–H and O–H groups in total. The Bertz CT molecular complexity index is 360. The number of hydrogen-bond donors (Lipinski definition) is 2. The lowest BCUT2D eigenvalue weighted by molar-refractivity contribution is -0.139. The van der Waals surface area contributed by atoms with Gasteiger partial charge in [0.1, 0.15) is 11.9 Å². The van der Waals surface area contributed by atoms with Crippen LogP contribution in [-0.2, 0) is 11.3 Å². The zero-order valence-electron chi connectivity index (χ0n) is 9.65. The van der Waals surface area contributed by atoms with Gasteiger partial charge in [0.15, 0.2) is 0 Å². The average molecular weight is 262 g/mol. The summed E-state index contributed by atoms with van der Waals surface area (Å²) < 4.78 is 12.9. The smallest absolute Gasteiger partial charge is 0.320 e. The van der Waals surface area contributed by atoms with Crippen molar-refractivity contribution in [1.29, 1.82) is 0 Å². The van der Waals surface area contributed by atoms with Crippen LogP contribution in [0.3, 0.4) is 0 Å². The van der Waals surface area contributed by atoms with E-state index < -0.39 is 12.0 Å². The van der Waals surface area contributed by atoms with Gasteiger partial charge in [-0.3, -0.25) is 4.79 Å². The molecule has 0 radical (unpaired) electrons. The Hall–Kier alpha value is -1.13. The first-order valence-corrected chi connectivity index (χ1v) is 5.34. The van der Waals surface area contributed by atoms with E-state index in [0.29, 0.717) is 13.0 Å². The predicted molar refractivity (Wildman–Crippen MR) is 66.8 cm³/mol. The van der Waals surface area contributed by atoms with Crippen LogP contribution in [0.4, 0.5) is 4.39 Å². The van der Waals surface area contributed by atoms with E-state index in [1.54, 1.807) is 12.1 Å². The molecule has 0 fully saturated rings. The van der Waals surface area contributed by atoms with Gasteiger partial charge >= 0.3 is 5.97 Å². The average Bonchev–Trinajstić information content (AvgIpc) is 2.24. The number of carbonyl (C=O) groups is 1. The van der Waals surface area contributed by atoms with Crippen molar-refractivity contribution in [2.24, 2.45) is 0 Å². The van der Waals surface area contributed by atoms with Crippen LogP contribution >= 0.6 is 12.4 Å². The van der Waals surface area contributed by atoms with Crippen molar-refractivity contribution in [3.05, 3.63) is 35.6 Å². The third-order valence-corrected chi connectivity index (χ3v) is 2.32. The molecular weight excluding hydrogens is 245 g/mol. The maximum absolute atomic E-state index is 12.9. The van der Waals surface area contributed by atoms with E-state index in [1.807, 2.05) is 6.92 Å². The highest BCUT2D eigenvalue weighted by molar-refractivity contribution is 5.85. The van der Waals surface area contributed by atoms with Crippen LogP contribution in [0.25, 0.3) is 0 Å². The van der Waals surface area contributed by atoms with Gasteiger partial charge in [-0.25, -0.2) is 4.39 Å². The number of benzene rings is 1. The number of rotatable bonds is 6. The number of aliphatic carboxylic acids is 1. The summed E-state index contributed by atoms with van der Waals surface area (Å²) in [5, 5.41) is 11.8. The summed E-state index contributed by atoms with van der Waals surface area (Å²) in [5.41, 5.74) is 0.752. The number of carboxylic acid groups (broad SMARTS) is 1. The molecule has 17 heavy (non-hydrogen) atoms. The molecular formula is C12H17ClFNO2. The van der Waals surface area contributed by atoms with Gasteiger partial charge < -0.3 is 10.4 Å². The summed E-state index contributed by atoms with van der Waals surface area (Å²) in [6.45, 7) is 2.30. The van der Waals surface area contributed by atoms with Crippen LogP contribution in [0.5, 0.6) is 0 Å². The van der Waals surface area contributed by atoms with Gasteiger partial charge in [-0.1, -0.05) is 25.5 Å². The number of nitrogens with one attached hydrogen (secondary N) is 1. The van der Waals surface area contributed by atoms with Crippen LogP contribution in [0.2, 0.25) is 0 Å². The lowest BCUT2D eigenvalue weighted by Gasteiger charge is -2.13. The second-order valence-corrected chi connectivity index (χ2v) is 3.69. The number of hydrogen-bond acceptors (Lipinski definition) is 2. The van der Waals surface area contributed by atoms with Crippen molar-refractivity contribution in [2.75, 3.05) is 0 Å². The van der Waals surface area contributed by atoms with Gasteiger partial charge in [-0.2, -0.15) is 0 Å². The van der Waals surface area contributed by atoms with Crippen molar-refractivity contribution in [2.45, 2.75) is 32.4 Å². The minimum Gasteiger partial charge on any atom is -0.480 e. The molecule has 5 heteroatoms. The first-order chi connectivity index (χ1) is 7.63. The summed E-state index contributed by atoms with van der Waals surface area (Å²) in [6.07, 6.45) is 1.37. The van der Waals surface area contributed by atoms with Crippen LogP contribution in [0.1, 0.15) is 25.3 Å². The lowest BCUT2D eigenvalue weighted by atomic mass is 10.1. The molecule has 1 aromatic rings. The molecule has 0 saturated heterocycles. The molecule has 0 aromatic heterocycles. The summed E-state index contributed by atoms with van der Waals surface area (Å²) in [6, 6.07) is 5.58. The fourth-order valence-corrected chi connectivity index (χ4v) is 1.49. The van der Waals surface area contributed by atoms with Gasteiger partial charge in [0.25, 0.3) is 0 Å². The van der Waals surface area contributed by atoms with Crippen molar-refractivity contribution in [3.8, 4) is 0 Å². The molecule has 3 nitrogen and oxygen atoms in total. The fraction of sp³-hybridized carbons (Fsp3) is 0.417. The summed E-state index contributed by atoms with van der Waals surface area (Å²) in [4.78, 5) is 10.8. The van der Waals surface area contributed by atoms with E-state index in [4.69, 9.17) is 5.11 Å². The summed E-state index contributed by atoms with van der Waals surface area (Å²) in [7, 11) is 0. The normalized spacial score (nSPS) is 11.6. The molecule has 0 amide bonds. The van der Waals surface area contributed by atoms with E-state index in [2.05, 4.69) is 5.32 Å². The SMILES string of the molecule is CCCC(NCc1cccc(F)c1)C(=O)O.Cl. The van der Waals surface area contributed by atoms with Crippen LogP contribution in [0.15, 0.2) is 24.3 Å². The molecule has 1 rings (SSSR count). The third kappa shape index (κ3) is 5.65. The third-order valence-electron chi connectivity index (χ3n) is 2.32. The van der Waals surface area contributed by atoms with Crippen LogP contribution < -0.4 is 5.32 Å². The lowest BCUT2D eigenvalue weighted by Crippen LogP contribution is -2.35. The van der Waals surface area contributed by atoms with E-state index >= 15 is 0 Å². The fourth-order valence-electron chi connectivity index (χ4n) is 1.49. The highest BCUT2D eigenvalue weighted by Gasteiger charge is 2.14. The van der Waals surface area contributed by atoms with Crippen LogP contribution in [0, 0.1) is 5.82 Å². The standard InChI is InChI=1S/C12H16FNO2.ClH/c1-2-4-11(12(15)16)14-8-9-5-3-6-10(13)7-9;/h3,5-7,11,14H,2,4,8H2,1H3,(H,15,16);1H. The van der Waals surface area contributed by atoms with E-state index in [9.17, 15) is 9.18 Å². The minimum atomic E-state index is -0.863. The quantitative estimate of drug-likeness (QED) is 0.828. The molecule has 1 unspecified atom stereocenters. The largest absolute Gasteiger partial charge is 0.480 e. The van der Waals surface area contributed by atoms with E-state index in [-0.39, 0.29) is 18.2 Å². The molecule has 0 bridgehead atoms. The Morgan fingerprint density at radius 3 is 2.76 bits per heavy atom. The molecule has 1 aromatic carbocycles.